The number of fused-ring (bicyclic) bond motifs is 1. The van der Waals surface area contributed by atoms with Crippen LogP contribution in [0.3, 0.4) is 0 Å². The molecule has 3 aliphatic rings. The number of carbonyl (C=O) groups is 2. The topological polar surface area (TPSA) is 94.1 Å². The normalized spacial score (nSPS) is 19.3. The molecule has 1 saturated heterocycles. The van der Waals surface area contributed by atoms with E-state index in [1.54, 1.807) is 31.3 Å². The summed E-state index contributed by atoms with van der Waals surface area (Å²) in [6.07, 6.45) is 6.80. The average molecular weight is 494 g/mol. The molecule has 36 heavy (non-hydrogen) atoms. The Labute approximate surface area is 212 Å². The number of hydrogen-bond donors (Lipinski definition) is 1. The zero-order valence-corrected chi connectivity index (χ0v) is 21.4. The molecule has 5 rings (SSSR count). The van der Waals surface area contributed by atoms with E-state index in [0.29, 0.717) is 42.0 Å². The van der Waals surface area contributed by atoms with E-state index in [-0.39, 0.29) is 11.8 Å². The van der Waals surface area contributed by atoms with Crippen molar-refractivity contribution in [3.63, 3.8) is 0 Å². The second kappa shape index (κ2) is 10.3. The lowest BCUT2D eigenvalue weighted by molar-refractivity contribution is -0.118. The first-order valence-corrected chi connectivity index (χ1v) is 12.8. The number of nitrogens with one attached hydrogen (secondary N) is 1. The summed E-state index contributed by atoms with van der Waals surface area (Å²) in [7, 11) is 5.44. The monoisotopic (exact) mass is 493 g/mol. The number of methoxy groups -OCH3 is 1. The average Bonchev–Trinajstić information content (AvgIpc) is 3.40. The fourth-order valence-electron chi connectivity index (χ4n) is 5.31. The molecule has 1 aromatic heterocycles. The molecule has 10 heteroatoms. The zero-order chi connectivity index (χ0) is 25.2. The molecule has 2 aliphatic heterocycles. The zero-order valence-electron chi connectivity index (χ0n) is 21.4. The van der Waals surface area contributed by atoms with Crippen molar-refractivity contribution in [2.24, 2.45) is 0 Å². The first-order chi connectivity index (χ1) is 17.4. The van der Waals surface area contributed by atoms with Crippen LogP contribution in [0.5, 0.6) is 5.75 Å². The first kappa shape index (κ1) is 24.3. The van der Waals surface area contributed by atoms with Crippen molar-refractivity contribution in [3.8, 4) is 5.75 Å². The van der Waals surface area contributed by atoms with E-state index in [2.05, 4.69) is 27.1 Å². The highest BCUT2D eigenvalue weighted by molar-refractivity contribution is 5.97. The maximum atomic E-state index is 13.0. The van der Waals surface area contributed by atoms with E-state index in [1.807, 2.05) is 17.0 Å². The number of nitrogens with zero attached hydrogens (tertiary/aromatic N) is 6. The summed E-state index contributed by atoms with van der Waals surface area (Å²) in [5, 5.41) is 3.27. The number of hydrogen-bond acceptors (Lipinski definition) is 8. The third-order valence-corrected chi connectivity index (χ3v) is 7.58. The molecule has 2 aromatic rings. The number of ether oxygens (including phenoxy) is 1. The lowest BCUT2D eigenvalue weighted by Gasteiger charge is -2.32. The van der Waals surface area contributed by atoms with Crippen molar-refractivity contribution in [3.05, 3.63) is 30.0 Å². The second-order valence-electron chi connectivity index (χ2n) is 9.87. The van der Waals surface area contributed by atoms with Crippen LogP contribution in [0.4, 0.5) is 23.1 Å². The van der Waals surface area contributed by atoms with Gasteiger partial charge in [0.15, 0.2) is 5.82 Å². The molecule has 10 nitrogen and oxygen atoms in total. The molecule has 0 unspecified atom stereocenters. The molecule has 3 heterocycles. The fraction of sp³-hybridized carbons (Fsp3) is 0.538. The summed E-state index contributed by atoms with van der Waals surface area (Å²) in [4.78, 5) is 43.0. The van der Waals surface area contributed by atoms with Crippen LogP contribution in [-0.2, 0) is 4.79 Å². The third-order valence-electron chi connectivity index (χ3n) is 7.58. The van der Waals surface area contributed by atoms with Crippen LogP contribution in [0.1, 0.15) is 42.5 Å². The molecule has 0 atom stereocenters. The van der Waals surface area contributed by atoms with Gasteiger partial charge in [0.25, 0.3) is 5.91 Å². The number of aromatic nitrogens is 2. The minimum atomic E-state index is 0.00846. The highest BCUT2D eigenvalue weighted by Gasteiger charge is 2.32. The molecule has 1 aliphatic carbocycles. The van der Waals surface area contributed by atoms with E-state index < -0.39 is 0 Å². The summed E-state index contributed by atoms with van der Waals surface area (Å²) in [5.74, 6) is 1.84. The van der Waals surface area contributed by atoms with Crippen molar-refractivity contribution in [1.82, 2.24) is 19.8 Å². The van der Waals surface area contributed by atoms with E-state index in [4.69, 9.17) is 9.72 Å². The summed E-state index contributed by atoms with van der Waals surface area (Å²) in [6, 6.07) is 5.80. The lowest BCUT2D eigenvalue weighted by Crippen LogP contribution is -2.47. The van der Waals surface area contributed by atoms with Gasteiger partial charge in [-0.3, -0.25) is 9.59 Å². The highest BCUT2D eigenvalue weighted by atomic mass is 16.5. The molecule has 1 saturated carbocycles. The Morgan fingerprint density at radius 1 is 1.08 bits per heavy atom. The van der Waals surface area contributed by atoms with E-state index in [9.17, 15) is 9.59 Å². The number of anilines is 4. The number of rotatable bonds is 5. The minimum absolute atomic E-state index is 0.00846. The molecule has 1 N–H and O–H groups in total. The summed E-state index contributed by atoms with van der Waals surface area (Å²) in [5.41, 5.74) is 2.00. The van der Waals surface area contributed by atoms with Crippen LogP contribution >= 0.6 is 0 Å². The van der Waals surface area contributed by atoms with Crippen molar-refractivity contribution in [2.45, 2.75) is 38.1 Å². The third kappa shape index (κ3) is 4.82. The smallest absolute Gasteiger partial charge is 0.254 e. The van der Waals surface area contributed by atoms with E-state index in [0.717, 1.165) is 50.5 Å². The van der Waals surface area contributed by atoms with Gasteiger partial charge in [-0.15, -0.1) is 0 Å². The highest BCUT2D eigenvalue weighted by Crippen LogP contribution is 2.37. The van der Waals surface area contributed by atoms with Gasteiger partial charge in [-0.1, -0.05) is 12.8 Å². The Balaban J connectivity index is 1.40. The van der Waals surface area contributed by atoms with Crippen molar-refractivity contribution in [2.75, 3.05) is 69.0 Å². The van der Waals surface area contributed by atoms with Gasteiger partial charge in [0.1, 0.15) is 11.4 Å². The number of likely N-dealkylation sites (N-methyl/N-ethyl adjacent to an activating group) is 1. The largest absolute Gasteiger partial charge is 0.495 e. The van der Waals surface area contributed by atoms with Gasteiger partial charge in [0.05, 0.1) is 19.0 Å². The Bertz CT molecular complexity index is 1130. The van der Waals surface area contributed by atoms with Gasteiger partial charge >= 0.3 is 0 Å². The van der Waals surface area contributed by atoms with Crippen molar-refractivity contribution in [1.29, 1.82) is 0 Å². The molecule has 1 aromatic carbocycles. The minimum Gasteiger partial charge on any atom is -0.495 e. The Hall–Kier alpha value is -3.40. The Kier molecular flexibility index (Phi) is 6.95. The molecule has 0 radical (unpaired) electrons. The number of piperazine rings is 1. The van der Waals surface area contributed by atoms with Gasteiger partial charge < -0.3 is 29.7 Å². The van der Waals surface area contributed by atoms with Gasteiger partial charge in [0.2, 0.25) is 11.9 Å². The van der Waals surface area contributed by atoms with Gasteiger partial charge in [-0.2, -0.15) is 4.98 Å². The molecular formula is C26H35N7O3. The fourth-order valence-corrected chi connectivity index (χ4v) is 5.31. The van der Waals surface area contributed by atoms with Crippen LogP contribution in [0, 0.1) is 0 Å². The molecule has 192 valence electrons. The van der Waals surface area contributed by atoms with Crippen LogP contribution in [0.25, 0.3) is 0 Å². The molecule has 0 bridgehead atoms. The maximum Gasteiger partial charge on any atom is 0.254 e. The molecular weight excluding hydrogens is 458 g/mol. The summed E-state index contributed by atoms with van der Waals surface area (Å²) < 4.78 is 5.62. The van der Waals surface area contributed by atoms with Crippen molar-refractivity contribution >= 4 is 35.0 Å². The lowest BCUT2D eigenvalue weighted by atomic mass is 10.1. The predicted molar refractivity (Wildman–Crippen MR) is 139 cm³/mol. The van der Waals surface area contributed by atoms with Crippen LogP contribution in [-0.4, -0.2) is 91.6 Å². The van der Waals surface area contributed by atoms with Gasteiger partial charge in [-0.25, -0.2) is 4.98 Å². The van der Waals surface area contributed by atoms with Gasteiger partial charge in [-0.05, 0) is 38.1 Å². The van der Waals surface area contributed by atoms with E-state index in [1.165, 1.54) is 12.8 Å². The maximum absolute atomic E-state index is 13.0. The number of carbonyl (C=O) groups excluding carboxylic acids is 2. The Morgan fingerprint density at radius 3 is 2.56 bits per heavy atom. The number of benzene rings is 1. The first-order valence-electron chi connectivity index (χ1n) is 12.8. The SMILES string of the molecule is COc1cc(C(=O)N2CCN(C)CC2)ccc1Nc1ncc2c(n1)N(C1CCCC1)CCC(=O)N2C. The quantitative estimate of drug-likeness (QED) is 0.680. The van der Waals surface area contributed by atoms with Crippen LogP contribution in [0.15, 0.2) is 24.4 Å². The standard InChI is InChI=1S/C26H35N7O3/c1-30-12-14-32(15-13-30)25(35)18-8-9-20(22(16-18)36-3)28-26-27-17-21-24(29-26)33(19-6-4-5-7-19)11-10-23(34)31(21)2/h8-9,16-17,19H,4-7,10-15H2,1-3H3,(H,27,28,29). The van der Waals surface area contributed by atoms with Crippen LogP contribution < -0.4 is 19.9 Å². The molecule has 0 spiro atoms. The van der Waals surface area contributed by atoms with Crippen molar-refractivity contribution < 1.29 is 14.3 Å². The summed E-state index contributed by atoms with van der Waals surface area (Å²) >= 11 is 0. The predicted octanol–water partition coefficient (Wildman–Crippen LogP) is 2.73. The van der Waals surface area contributed by atoms with Gasteiger partial charge in [0, 0.05) is 57.8 Å². The second-order valence-corrected chi connectivity index (χ2v) is 9.87. The van der Waals surface area contributed by atoms with Crippen LogP contribution in [0.2, 0.25) is 0 Å². The van der Waals surface area contributed by atoms with E-state index >= 15 is 0 Å². The molecule has 2 amide bonds. The Morgan fingerprint density at radius 2 is 1.83 bits per heavy atom. The number of amides is 2. The summed E-state index contributed by atoms with van der Waals surface area (Å²) in [6.45, 7) is 3.83. The molecule has 2 fully saturated rings.